The van der Waals surface area contributed by atoms with Crippen molar-refractivity contribution in [2.24, 2.45) is 0 Å². The van der Waals surface area contributed by atoms with Gasteiger partial charge in [-0.1, -0.05) is 48.5 Å². The van der Waals surface area contributed by atoms with Crippen molar-refractivity contribution in [1.82, 2.24) is 0 Å². The molecule has 0 spiro atoms. The van der Waals surface area contributed by atoms with Crippen molar-refractivity contribution in [1.29, 1.82) is 0 Å². The first-order valence-electron chi connectivity index (χ1n) is 7.11. The number of alkyl halides is 2. The fourth-order valence-electron chi connectivity index (χ4n) is 2.58. The Kier molecular flexibility index (Phi) is 5.14. The highest BCUT2D eigenvalue weighted by molar-refractivity contribution is 7.96. The van der Waals surface area contributed by atoms with Crippen LogP contribution in [0, 0.1) is 0 Å². The molecule has 0 N–H and O–H groups in total. The summed E-state index contributed by atoms with van der Waals surface area (Å²) in [5.74, 6) is -1.83. The molecule has 0 aliphatic heterocycles. The third kappa shape index (κ3) is 3.72. The van der Waals surface area contributed by atoms with Gasteiger partial charge in [0, 0.05) is 5.56 Å². The molecule has 0 amide bonds. The van der Waals surface area contributed by atoms with Crippen LogP contribution in [0.2, 0.25) is 0 Å². The van der Waals surface area contributed by atoms with E-state index in [0.717, 1.165) is 21.5 Å². The molecule has 0 radical (unpaired) electrons. The van der Waals surface area contributed by atoms with Crippen LogP contribution in [-0.4, -0.2) is 11.2 Å². The van der Waals surface area contributed by atoms with E-state index in [4.69, 9.17) is 4.74 Å². The summed E-state index contributed by atoms with van der Waals surface area (Å²) in [5, 5.41) is 11.8. The molecule has 0 aliphatic carbocycles. The Bertz CT molecular complexity index is 862. The van der Waals surface area contributed by atoms with E-state index in [2.05, 4.69) is 9.37 Å². The topological polar surface area (TPSA) is 67.8 Å². The Balaban J connectivity index is 1.93. The van der Waals surface area contributed by atoms with Crippen LogP contribution in [0.3, 0.4) is 0 Å². The average Bonchev–Trinajstić information content (AvgIpc) is 2.63. The minimum Gasteiger partial charge on any atom is -0.691 e. The van der Waals surface area contributed by atoms with Crippen LogP contribution in [0.15, 0.2) is 54.6 Å². The Hall–Kier alpha value is -2.26. The molecule has 0 fully saturated rings. The Morgan fingerprint density at radius 1 is 1.04 bits per heavy atom. The molecule has 0 saturated heterocycles. The maximum absolute atomic E-state index is 13.5. The van der Waals surface area contributed by atoms with Crippen molar-refractivity contribution in [3.8, 4) is 0 Å². The summed E-state index contributed by atoms with van der Waals surface area (Å²) in [5.41, 5.74) is 0.615. The first kappa shape index (κ1) is 17.6. The molecule has 0 atom stereocenters. The van der Waals surface area contributed by atoms with Gasteiger partial charge in [-0.3, -0.25) is 5.04 Å². The maximum Gasteiger partial charge on any atom is 0.415 e. The van der Waals surface area contributed by atoms with Gasteiger partial charge in [0.15, 0.2) is 0 Å². The summed E-state index contributed by atoms with van der Waals surface area (Å²) in [4.78, 5) is 11.6. The molecule has 5 nitrogen and oxygen atoms in total. The normalized spacial score (nSPS) is 11.8. The molecule has 0 unspecified atom stereocenters. The number of benzene rings is 3. The van der Waals surface area contributed by atoms with Gasteiger partial charge < -0.3 is 9.99 Å². The standard InChI is InChI=1S/C17H12F2O5S/c18-17(19,25-24-23-21)16(20)22-10-15-13-7-3-1-5-11(13)9-12-6-2-4-8-14(12)15/h1-9,21H,10H2/p-1. The lowest BCUT2D eigenvalue weighted by atomic mass is 9.97. The quantitative estimate of drug-likeness (QED) is 0.219. The molecule has 130 valence electrons. The number of carbonyl (C=O) groups is 1. The summed E-state index contributed by atoms with van der Waals surface area (Å²) in [6.45, 7) is -0.352. The van der Waals surface area contributed by atoms with Crippen molar-refractivity contribution in [3.63, 3.8) is 0 Å². The molecular weight excluding hydrogens is 354 g/mol. The summed E-state index contributed by atoms with van der Waals surface area (Å²) in [6.07, 6.45) is 0. The van der Waals surface area contributed by atoms with Crippen LogP contribution in [0.1, 0.15) is 5.56 Å². The predicted molar refractivity (Wildman–Crippen MR) is 86.0 cm³/mol. The van der Waals surface area contributed by atoms with Gasteiger partial charge in [-0.05, 0) is 27.6 Å². The van der Waals surface area contributed by atoms with Crippen LogP contribution in [0.4, 0.5) is 8.78 Å². The lowest BCUT2D eigenvalue weighted by Crippen LogP contribution is -2.28. The molecule has 0 bridgehead atoms. The Labute approximate surface area is 145 Å². The highest BCUT2D eigenvalue weighted by Crippen LogP contribution is 2.33. The molecule has 0 aliphatic rings. The summed E-state index contributed by atoms with van der Waals surface area (Å²) >= 11 is -0.713. The number of hydrogen-bond donors (Lipinski definition) is 0. The molecule has 0 aromatic heterocycles. The van der Waals surface area contributed by atoms with E-state index in [-0.39, 0.29) is 6.61 Å². The Morgan fingerprint density at radius 3 is 2.16 bits per heavy atom. The van der Waals surface area contributed by atoms with Crippen molar-refractivity contribution in [2.75, 3.05) is 0 Å². The fraction of sp³-hybridized carbons (Fsp3) is 0.118. The number of fused-ring (bicyclic) bond motifs is 2. The van der Waals surface area contributed by atoms with Gasteiger partial charge in [-0.25, -0.2) is 4.79 Å². The molecule has 3 rings (SSSR count). The predicted octanol–water partition coefficient (Wildman–Crippen LogP) is 3.50. The van der Waals surface area contributed by atoms with Gasteiger partial charge in [-0.15, -0.1) is 0 Å². The number of hydrogen-bond acceptors (Lipinski definition) is 6. The third-order valence-corrected chi connectivity index (χ3v) is 4.13. The molecule has 0 heterocycles. The van der Waals surface area contributed by atoms with E-state index in [1.54, 1.807) is 0 Å². The zero-order valence-corrected chi connectivity index (χ0v) is 13.4. The van der Waals surface area contributed by atoms with E-state index in [0.29, 0.717) is 5.56 Å². The second-order valence-corrected chi connectivity index (χ2v) is 5.93. The smallest absolute Gasteiger partial charge is 0.415 e. The van der Waals surface area contributed by atoms with Crippen LogP contribution < -0.4 is 5.26 Å². The number of esters is 1. The van der Waals surface area contributed by atoms with Crippen molar-refractivity contribution >= 4 is 39.6 Å². The highest BCUT2D eigenvalue weighted by atomic mass is 32.2. The maximum atomic E-state index is 13.5. The van der Waals surface area contributed by atoms with Crippen molar-refractivity contribution in [2.45, 2.75) is 11.9 Å². The number of rotatable bonds is 6. The summed E-state index contributed by atoms with van der Waals surface area (Å²) < 4.78 is 35.2. The SMILES string of the molecule is O=C(OCc1c2ccccc2cc2ccccc12)C(F)(F)SOO[O-]. The zero-order valence-electron chi connectivity index (χ0n) is 12.6. The van der Waals surface area contributed by atoms with Crippen molar-refractivity contribution in [3.05, 3.63) is 60.2 Å². The van der Waals surface area contributed by atoms with Crippen LogP contribution in [0.25, 0.3) is 21.5 Å². The second-order valence-electron chi connectivity index (χ2n) is 5.11. The van der Waals surface area contributed by atoms with Gasteiger partial charge in [-0.2, -0.15) is 13.1 Å². The molecule has 3 aromatic carbocycles. The number of halogens is 2. The Morgan fingerprint density at radius 2 is 1.60 bits per heavy atom. The van der Waals surface area contributed by atoms with E-state index in [9.17, 15) is 18.8 Å². The van der Waals surface area contributed by atoms with Crippen molar-refractivity contribution < 1.29 is 32.9 Å². The highest BCUT2D eigenvalue weighted by Gasteiger charge is 2.43. The first-order chi connectivity index (χ1) is 12.0. The summed E-state index contributed by atoms with van der Waals surface area (Å²) in [7, 11) is 0. The summed E-state index contributed by atoms with van der Waals surface area (Å²) in [6, 6.07) is 16.7. The fourth-order valence-corrected chi connectivity index (χ4v) is 2.82. The minimum absolute atomic E-state index is 0.352. The monoisotopic (exact) mass is 365 g/mol. The van der Waals surface area contributed by atoms with Gasteiger partial charge in [0.25, 0.3) is 0 Å². The van der Waals surface area contributed by atoms with E-state index < -0.39 is 23.3 Å². The van der Waals surface area contributed by atoms with Gasteiger partial charge >= 0.3 is 11.2 Å². The molecule has 25 heavy (non-hydrogen) atoms. The molecule has 0 saturated carbocycles. The zero-order chi connectivity index (χ0) is 17.9. The lowest BCUT2D eigenvalue weighted by molar-refractivity contribution is -0.777. The first-order valence-corrected chi connectivity index (χ1v) is 7.86. The van der Waals surface area contributed by atoms with Crippen LogP contribution in [-0.2, 0) is 25.5 Å². The van der Waals surface area contributed by atoms with E-state index >= 15 is 0 Å². The van der Waals surface area contributed by atoms with E-state index in [1.807, 2.05) is 54.6 Å². The second kappa shape index (κ2) is 7.32. The van der Waals surface area contributed by atoms with Gasteiger partial charge in [0.05, 0.1) is 0 Å². The molecule has 8 heteroatoms. The third-order valence-electron chi connectivity index (χ3n) is 3.63. The molecule has 3 aromatic rings. The van der Waals surface area contributed by atoms with Crippen LogP contribution in [0.5, 0.6) is 0 Å². The minimum atomic E-state index is -4.06. The average molecular weight is 365 g/mol. The number of carbonyl (C=O) groups excluding carboxylic acids is 1. The van der Waals surface area contributed by atoms with Crippen LogP contribution >= 0.6 is 12.0 Å². The number of ether oxygens (including phenoxy) is 1. The van der Waals surface area contributed by atoms with E-state index in [1.165, 1.54) is 0 Å². The van der Waals surface area contributed by atoms with Gasteiger partial charge in [0.1, 0.15) is 18.6 Å². The largest absolute Gasteiger partial charge is 0.691 e. The van der Waals surface area contributed by atoms with Gasteiger partial charge in [0.2, 0.25) is 0 Å². The lowest BCUT2D eigenvalue weighted by Gasteiger charge is -2.16. The molecular formula is C17H11F2O5S-.